The number of benzene rings is 2. The van der Waals surface area contributed by atoms with E-state index in [4.69, 9.17) is 11.6 Å². The van der Waals surface area contributed by atoms with Crippen LogP contribution in [0, 0.1) is 5.82 Å². The maximum absolute atomic E-state index is 13.8. The van der Waals surface area contributed by atoms with Crippen molar-refractivity contribution in [2.75, 3.05) is 41.8 Å². The molecule has 1 atom stereocenters. The van der Waals surface area contributed by atoms with Gasteiger partial charge < -0.3 is 20.0 Å². The molecule has 0 radical (unpaired) electrons. The highest BCUT2D eigenvalue weighted by atomic mass is 35.5. The monoisotopic (exact) mass is 444 g/mol. The van der Waals surface area contributed by atoms with Gasteiger partial charge in [-0.05, 0) is 42.8 Å². The van der Waals surface area contributed by atoms with Crippen molar-refractivity contribution >= 4 is 46.4 Å². The molecule has 2 aromatic rings. The molecule has 0 aliphatic carbocycles. The van der Waals surface area contributed by atoms with Gasteiger partial charge in [0.2, 0.25) is 5.91 Å². The molecule has 2 aromatic carbocycles. The molecular formula is C22H22ClFN4O3. The van der Waals surface area contributed by atoms with Gasteiger partial charge in [-0.15, -0.1) is 0 Å². The lowest BCUT2D eigenvalue weighted by Crippen LogP contribution is -2.55. The Morgan fingerprint density at radius 3 is 2.65 bits per heavy atom. The van der Waals surface area contributed by atoms with E-state index in [1.54, 1.807) is 31.3 Å². The highest BCUT2D eigenvalue weighted by Gasteiger charge is 2.31. The summed E-state index contributed by atoms with van der Waals surface area (Å²) in [6, 6.07) is 9.67. The van der Waals surface area contributed by atoms with Crippen LogP contribution in [0.3, 0.4) is 0 Å². The molecule has 4 rings (SSSR count). The second kappa shape index (κ2) is 8.19. The van der Waals surface area contributed by atoms with E-state index in [9.17, 15) is 18.8 Å². The van der Waals surface area contributed by atoms with E-state index in [0.717, 1.165) is 11.3 Å². The average molecular weight is 445 g/mol. The van der Waals surface area contributed by atoms with E-state index in [-0.39, 0.29) is 17.0 Å². The zero-order valence-corrected chi connectivity index (χ0v) is 17.9. The Kier molecular flexibility index (Phi) is 5.58. The lowest BCUT2D eigenvalue weighted by molar-refractivity contribution is -0.143. The van der Waals surface area contributed by atoms with Crippen LogP contribution in [0.1, 0.15) is 12.5 Å². The molecule has 1 N–H and O–H groups in total. The van der Waals surface area contributed by atoms with Crippen molar-refractivity contribution in [2.45, 2.75) is 19.4 Å². The second-order valence-corrected chi connectivity index (χ2v) is 8.23. The van der Waals surface area contributed by atoms with Crippen molar-refractivity contribution in [1.29, 1.82) is 0 Å². The predicted molar refractivity (Wildman–Crippen MR) is 117 cm³/mol. The number of rotatable bonds is 2. The summed E-state index contributed by atoms with van der Waals surface area (Å²) in [5.74, 6) is -1.86. The maximum Gasteiger partial charge on any atom is 0.313 e. The average Bonchev–Trinajstić information content (AvgIpc) is 3.03. The summed E-state index contributed by atoms with van der Waals surface area (Å²) in [7, 11) is 1.68. The number of nitrogens with one attached hydrogen (secondary N) is 1. The highest BCUT2D eigenvalue weighted by molar-refractivity contribution is 6.39. The summed E-state index contributed by atoms with van der Waals surface area (Å²) >= 11 is 5.76. The molecule has 2 aliphatic heterocycles. The second-order valence-electron chi connectivity index (χ2n) is 7.82. The third-order valence-corrected chi connectivity index (χ3v) is 6.07. The fourth-order valence-electron chi connectivity index (χ4n) is 4.04. The lowest BCUT2D eigenvalue weighted by atomic mass is 10.1. The molecule has 3 amide bonds. The van der Waals surface area contributed by atoms with Crippen LogP contribution in [0.25, 0.3) is 0 Å². The fraction of sp³-hybridized carbons (Fsp3) is 0.318. The molecule has 0 unspecified atom stereocenters. The Morgan fingerprint density at radius 2 is 1.94 bits per heavy atom. The van der Waals surface area contributed by atoms with Crippen LogP contribution < -0.4 is 15.1 Å². The highest BCUT2D eigenvalue weighted by Crippen LogP contribution is 2.30. The standard InChI is InChI=1S/C22H22ClFN4O3/c1-13-12-27(7-8-28(13)16-5-6-17(23)18(24)11-16)22(31)21(30)25-15-4-3-14-9-20(29)26(2)19(14)10-15/h3-6,10-11,13H,7-9,12H2,1-2H3,(H,25,30)/t13-/m1/s1. The Labute approximate surface area is 184 Å². The number of carbonyl (C=O) groups excluding carboxylic acids is 3. The first-order chi connectivity index (χ1) is 14.7. The van der Waals surface area contributed by atoms with Crippen molar-refractivity contribution in [3.63, 3.8) is 0 Å². The lowest BCUT2D eigenvalue weighted by Gasteiger charge is -2.41. The van der Waals surface area contributed by atoms with E-state index in [2.05, 4.69) is 5.32 Å². The van der Waals surface area contributed by atoms with Crippen molar-refractivity contribution in [3.8, 4) is 0 Å². The summed E-state index contributed by atoms with van der Waals surface area (Å²) in [5, 5.41) is 2.69. The van der Waals surface area contributed by atoms with Gasteiger partial charge in [-0.1, -0.05) is 17.7 Å². The largest absolute Gasteiger partial charge is 0.365 e. The molecule has 162 valence electrons. The fourth-order valence-corrected chi connectivity index (χ4v) is 4.15. The molecule has 7 nitrogen and oxygen atoms in total. The van der Waals surface area contributed by atoms with Crippen LogP contribution in [-0.2, 0) is 20.8 Å². The number of likely N-dealkylation sites (N-methyl/N-ethyl adjacent to an activating group) is 1. The van der Waals surface area contributed by atoms with Crippen LogP contribution in [0.4, 0.5) is 21.5 Å². The molecular weight excluding hydrogens is 423 g/mol. The van der Waals surface area contributed by atoms with Gasteiger partial charge in [0.25, 0.3) is 0 Å². The van der Waals surface area contributed by atoms with Crippen molar-refractivity contribution in [2.24, 2.45) is 0 Å². The van der Waals surface area contributed by atoms with Crippen molar-refractivity contribution in [3.05, 3.63) is 52.8 Å². The number of nitrogens with zero attached hydrogens (tertiary/aromatic N) is 3. The van der Waals surface area contributed by atoms with Crippen molar-refractivity contribution in [1.82, 2.24) is 4.90 Å². The third kappa shape index (κ3) is 4.07. The number of piperazine rings is 1. The number of hydrogen-bond acceptors (Lipinski definition) is 4. The minimum Gasteiger partial charge on any atom is -0.365 e. The Balaban J connectivity index is 1.40. The van der Waals surface area contributed by atoms with Gasteiger partial charge in [0.05, 0.1) is 11.4 Å². The minimum atomic E-state index is -0.731. The molecule has 0 bridgehead atoms. The Bertz CT molecular complexity index is 1080. The van der Waals surface area contributed by atoms with E-state index in [0.29, 0.717) is 37.4 Å². The van der Waals surface area contributed by atoms with Crippen LogP contribution >= 0.6 is 11.6 Å². The quantitative estimate of drug-likeness (QED) is 0.723. The van der Waals surface area contributed by atoms with Gasteiger partial charge in [-0.3, -0.25) is 14.4 Å². The van der Waals surface area contributed by atoms with Gasteiger partial charge in [0, 0.05) is 49.8 Å². The van der Waals surface area contributed by atoms with Crippen LogP contribution in [0.2, 0.25) is 5.02 Å². The SMILES string of the molecule is C[C@@H]1CN(C(=O)C(=O)Nc2ccc3c(c2)N(C)C(=O)C3)CCN1c1ccc(Cl)c(F)c1. The molecule has 0 saturated carbocycles. The van der Waals surface area contributed by atoms with E-state index in [1.807, 2.05) is 11.8 Å². The van der Waals surface area contributed by atoms with Gasteiger partial charge >= 0.3 is 11.8 Å². The summed E-state index contributed by atoms with van der Waals surface area (Å²) < 4.78 is 13.8. The van der Waals surface area contributed by atoms with E-state index in [1.165, 1.54) is 21.9 Å². The van der Waals surface area contributed by atoms with Crippen molar-refractivity contribution < 1.29 is 18.8 Å². The molecule has 1 fully saturated rings. The van der Waals surface area contributed by atoms with Gasteiger partial charge in [-0.2, -0.15) is 0 Å². The van der Waals surface area contributed by atoms with Crippen LogP contribution in [0.15, 0.2) is 36.4 Å². The number of carbonyl (C=O) groups is 3. The molecule has 31 heavy (non-hydrogen) atoms. The zero-order valence-electron chi connectivity index (χ0n) is 17.2. The molecule has 0 spiro atoms. The summed E-state index contributed by atoms with van der Waals surface area (Å²) in [6.07, 6.45) is 0.332. The normalized spacial score (nSPS) is 18.3. The minimum absolute atomic E-state index is 0.0121. The maximum atomic E-state index is 13.8. The van der Waals surface area contributed by atoms with Gasteiger partial charge in [0.1, 0.15) is 5.82 Å². The number of hydrogen-bond donors (Lipinski definition) is 1. The van der Waals surface area contributed by atoms with E-state index >= 15 is 0 Å². The Hall–Kier alpha value is -3.13. The number of anilines is 3. The molecule has 2 aliphatic rings. The first-order valence-electron chi connectivity index (χ1n) is 9.96. The molecule has 9 heteroatoms. The predicted octanol–water partition coefficient (Wildman–Crippen LogP) is 2.67. The van der Waals surface area contributed by atoms with Crippen LogP contribution in [0.5, 0.6) is 0 Å². The summed E-state index contributed by atoms with van der Waals surface area (Å²) in [4.78, 5) is 42.1. The molecule has 0 aromatic heterocycles. The molecule has 1 saturated heterocycles. The van der Waals surface area contributed by atoms with Gasteiger partial charge in [0.15, 0.2) is 0 Å². The first kappa shape index (κ1) is 21.1. The number of amides is 3. The summed E-state index contributed by atoms with van der Waals surface area (Å²) in [6.45, 7) is 3.05. The third-order valence-electron chi connectivity index (χ3n) is 5.76. The summed E-state index contributed by atoms with van der Waals surface area (Å²) in [5.41, 5.74) is 2.76. The number of halogens is 2. The Morgan fingerprint density at radius 1 is 1.16 bits per heavy atom. The van der Waals surface area contributed by atoms with Gasteiger partial charge in [-0.25, -0.2) is 4.39 Å². The zero-order chi connectivity index (χ0) is 22.3. The smallest absolute Gasteiger partial charge is 0.313 e. The van der Waals surface area contributed by atoms with Crippen LogP contribution in [-0.4, -0.2) is 55.3 Å². The topological polar surface area (TPSA) is 73.0 Å². The molecule has 2 heterocycles. The van der Waals surface area contributed by atoms with E-state index < -0.39 is 17.6 Å². The first-order valence-corrected chi connectivity index (χ1v) is 10.3. The number of fused-ring (bicyclic) bond motifs is 1.